The van der Waals surface area contributed by atoms with Crippen LogP contribution in [-0.2, 0) is 11.3 Å². The molecule has 0 bridgehead atoms. The molecular formula is C15H24N2O3. The summed E-state index contributed by atoms with van der Waals surface area (Å²) in [7, 11) is 1.56. The molecule has 1 rings (SSSR count). The van der Waals surface area contributed by atoms with Crippen molar-refractivity contribution in [2.24, 2.45) is 5.73 Å². The summed E-state index contributed by atoms with van der Waals surface area (Å²) in [5.74, 6) is 1.01. The van der Waals surface area contributed by atoms with E-state index >= 15 is 0 Å². The van der Waals surface area contributed by atoms with Gasteiger partial charge in [0.15, 0.2) is 18.1 Å². The Morgan fingerprint density at radius 3 is 2.55 bits per heavy atom. The minimum absolute atomic E-state index is 0.0269. The van der Waals surface area contributed by atoms with Crippen LogP contribution in [0.15, 0.2) is 18.2 Å². The van der Waals surface area contributed by atoms with E-state index in [1.165, 1.54) is 0 Å². The molecular weight excluding hydrogens is 256 g/mol. The van der Waals surface area contributed by atoms with Gasteiger partial charge < -0.3 is 20.5 Å². The Labute approximate surface area is 120 Å². The molecule has 1 aromatic rings. The molecule has 0 spiro atoms. The average molecular weight is 280 g/mol. The zero-order chi connectivity index (χ0) is 15.0. The van der Waals surface area contributed by atoms with Gasteiger partial charge in [-0.1, -0.05) is 19.9 Å². The van der Waals surface area contributed by atoms with Crippen LogP contribution in [-0.4, -0.2) is 25.7 Å². The normalized spacial score (nSPS) is 10.4. The topological polar surface area (TPSA) is 73.6 Å². The van der Waals surface area contributed by atoms with Crippen molar-refractivity contribution < 1.29 is 14.3 Å². The monoisotopic (exact) mass is 280 g/mol. The van der Waals surface area contributed by atoms with Gasteiger partial charge in [-0.15, -0.1) is 0 Å². The molecule has 1 aromatic carbocycles. The maximum Gasteiger partial charge on any atom is 0.258 e. The number of hydrogen-bond donors (Lipinski definition) is 2. The predicted octanol–water partition coefficient (Wildman–Crippen LogP) is 1.84. The van der Waals surface area contributed by atoms with Crippen LogP contribution in [0, 0.1) is 0 Å². The Morgan fingerprint density at radius 2 is 2.00 bits per heavy atom. The highest BCUT2D eigenvalue weighted by Gasteiger charge is 2.11. The third kappa shape index (κ3) is 4.74. The number of methoxy groups -OCH3 is 1. The van der Waals surface area contributed by atoms with Crippen molar-refractivity contribution in [1.82, 2.24) is 5.32 Å². The maximum atomic E-state index is 11.8. The molecule has 0 atom stereocenters. The second kappa shape index (κ2) is 8.43. The summed E-state index contributed by atoms with van der Waals surface area (Å²) in [6, 6.07) is 5.65. The lowest BCUT2D eigenvalue weighted by Gasteiger charge is -2.16. The van der Waals surface area contributed by atoms with Gasteiger partial charge in [-0.25, -0.2) is 0 Å². The summed E-state index contributed by atoms with van der Waals surface area (Å²) in [5.41, 5.74) is 6.52. The molecule has 5 heteroatoms. The molecule has 0 saturated heterocycles. The molecule has 0 heterocycles. The zero-order valence-corrected chi connectivity index (χ0v) is 12.4. The van der Waals surface area contributed by atoms with E-state index < -0.39 is 0 Å². The Kier molecular flexibility index (Phi) is 6.87. The first-order chi connectivity index (χ1) is 9.64. The van der Waals surface area contributed by atoms with E-state index in [2.05, 4.69) is 5.32 Å². The Morgan fingerprint density at radius 1 is 1.30 bits per heavy atom. The number of nitrogens with two attached hydrogens (primary N) is 1. The molecule has 0 saturated carbocycles. The molecule has 0 aliphatic rings. The third-order valence-electron chi connectivity index (χ3n) is 3.17. The van der Waals surface area contributed by atoms with E-state index in [0.29, 0.717) is 18.0 Å². The molecule has 3 N–H and O–H groups in total. The Hall–Kier alpha value is -1.75. The van der Waals surface area contributed by atoms with Gasteiger partial charge in [0.2, 0.25) is 0 Å². The van der Waals surface area contributed by atoms with Crippen molar-refractivity contribution in [2.75, 3.05) is 13.7 Å². The lowest BCUT2D eigenvalue weighted by molar-refractivity contribution is -0.123. The average Bonchev–Trinajstić information content (AvgIpc) is 2.50. The highest BCUT2D eigenvalue weighted by Crippen LogP contribution is 2.27. The molecule has 1 amide bonds. The maximum absolute atomic E-state index is 11.8. The van der Waals surface area contributed by atoms with E-state index in [9.17, 15) is 4.79 Å². The van der Waals surface area contributed by atoms with E-state index in [1.54, 1.807) is 19.2 Å². The summed E-state index contributed by atoms with van der Waals surface area (Å²) in [5, 5.41) is 2.92. The highest BCUT2D eigenvalue weighted by atomic mass is 16.5. The molecule has 5 nitrogen and oxygen atoms in total. The van der Waals surface area contributed by atoms with Crippen molar-refractivity contribution >= 4 is 5.91 Å². The van der Waals surface area contributed by atoms with Crippen LogP contribution in [0.2, 0.25) is 0 Å². The molecule has 112 valence electrons. The van der Waals surface area contributed by atoms with Crippen molar-refractivity contribution in [1.29, 1.82) is 0 Å². The lowest BCUT2D eigenvalue weighted by Crippen LogP contribution is -2.37. The fourth-order valence-corrected chi connectivity index (χ4v) is 1.87. The first-order valence-corrected chi connectivity index (χ1v) is 6.93. The molecule has 0 unspecified atom stereocenters. The van der Waals surface area contributed by atoms with Gasteiger partial charge in [-0.2, -0.15) is 0 Å². The van der Waals surface area contributed by atoms with Gasteiger partial charge in [-0.05, 0) is 30.5 Å². The Balaban J connectivity index is 2.62. The molecule has 0 aliphatic carbocycles. The van der Waals surface area contributed by atoms with Crippen LogP contribution >= 0.6 is 0 Å². The van der Waals surface area contributed by atoms with E-state index in [4.69, 9.17) is 15.2 Å². The summed E-state index contributed by atoms with van der Waals surface area (Å²) >= 11 is 0. The predicted molar refractivity (Wildman–Crippen MR) is 78.9 cm³/mol. The van der Waals surface area contributed by atoms with E-state index in [0.717, 1.165) is 18.4 Å². The van der Waals surface area contributed by atoms with Gasteiger partial charge in [-0.3, -0.25) is 4.79 Å². The number of nitrogens with one attached hydrogen (secondary N) is 1. The standard InChI is InChI=1S/C15H24N2O3/c1-4-12(5-2)17-15(18)10-20-14-8-11(9-16)6-7-13(14)19-3/h6-8,12H,4-5,9-10,16H2,1-3H3,(H,17,18). The number of ether oxygens (including phenoxy) is 2. The summed E-state index contributed by atoms with van der Waals surface area (Å²) in [6.45, 7) is 4.48. The number of hydrogen-bond acceptors (Lipinski definition) is 4. The Bertz CT molecular complexity index is 431. The molecule has 0 aromatic heterocycles. The van der Waals surface area contributed by atoms with Crippen LogP contribution in [0.3, 0.4) is 0 Å². The van der Waals surface area contributed by atoms with Gasteiger partial charge in [0.05, 0.1) is 7.11 Å². The summed E-state index contributed by atoms with van der Waals surface area (Å²) in [6.07, 6.45) is 1.82. The summed E-state index contributed by atoms with van der Waals surface area (Å²) in [4.78, 5) is 11.8. The largest absolute Gasteiger partial charge is 0.493 e. The van der Waals surface area contributed by atoms with Gasteiger partial charge >= 0.3 is 0 Å². The van der Waals surface area contributed by atoms with Crippen molar-refractivity contribution in [2.45, 2.75) is 39.3 Å². The second-order valence-electron chi connectivity index (χ2n) is 4.56. The van der Waals surface area contributed by atoms with Crippen LogP contribution in [0.5, 0.6) is 11.5 Å². The second-order valence-corrected chi connectivity index (χ2v) is 4.56. The molecule has 0 fully saturated rings. The number of rotatable bonds is 8. The van der Waals surface area contributed by atoms with Gasteiger partial charge in [0.1, 0.15) is 0 Å². The number of carbonyl (C=O) groups excluding carboxylic acids is 1. The zero-order valence-electron chi connectivity index (χ0n) is 12.4. The van der Waals surface area contributed by atoms with Gasteiger partial charge in [0.25, 0.3) is 5.91 Å². The number of amides is 1. The van der Waals surface area contributed by atoms with E-state index in [1.807, 2.05) is 19.9 Å². The number of carbonyl (C=O) groups is 1. The number of benzene rings is 1. The minimum atomic E-state index is -0.126. The minimum Gasteiger partial charge on any atom is -0.493 e. The van der Waals surface area contributed by atoms with Crippen LogP contribution in [0.4, 0.5) is 0 Å². The van der Waals surface area contributed by atoms with Crippen molar-refractivity contribution in [3.8, 4) is 11.5 Å². The van der Waals surface area contributed by atoms with Crippen molar-refractivity contribution in [3.63, 3.8) is 0 Å². The first kappa shape index (κ1) is 16.3. The molecule has 20 heavy (non-hydrogen) atoms. The molecule has 0 aliphatic heterocycles. The SMILES string of the molecule is CCC(CC)NC(=O)COc1cc(CN)ccc1OC. The third-order valence-corrected chi connectivity index (χ3v) is 3.17. The fraction of sp³-hybridized carbons (Fsp3) is 0.533. The molecule has 0 radical (unpaired) electrons. The quantitative estimate of drug-likeness (QED) is 0.762. The lowest BCUT2D eigenvalue weighted by atomic mass is 10.2. The van der Waals surface area contributed by atoms with Crippen LogP contribution in [0.1, 0.15) is 32.3 Å². The highest BCUT2D eigenvalue weighted by molar-refractivity contribution is 5.77. The fourth-order valence-electron chi connectivity index (χ4n) is 1.87. The van der Waals surface area contributed by atoms with E-state index in [-0.39, 0.29) is 18.6 Å². The van der Waals surface area contributed by atoms with Crippen LogP contribution in [0.25, 0.3) is 0 Å². The van der Waals surface area contributed by atoms with Crippen LogP contribution < -0.4 is 20.5 Å². The van der Waals surface area contributed by atoms with Crippen molar-refractivity contribution in [3.05, 3.63) is 23.8 Å². The smallest absolute Gasteiger partial charge is 0.258 e. The first-order valence-electron chi connectivity index (χ1n) is 6.93. The summed E-state index contributed by atoms with van der Waals surface area (Å²) < 4.78 is 10.7. The van der Waals surface area contributed by atoms with Gasteiger partial charge in [0, 0.05) is 12.6 Å².